The van der Waals surface area contributed by atoms with Gasteiger partial charge in [0, 0.05) is 32.8 Å². The molecule has 0 saturated carbocycles. The Hall–Kier alpha value is -1.43. The lowest BCUT2D eigenvalue weighted by Gasteiger charge is -2.26. The van der Waals surface area contributed by atoms with Crippen LogP contribution in [0.4, 0.5) is 0 Å². The second-order valence-electron chi connectivity index (χ2n) is 6.18. The number of hydrogen-bond donors (Lipinski definition) is 1. The maximum absolute atomic E-state index is 11.1. The first-order valence-electron chi connectivity index (χ1n) is 7.85. The normalized spacial score (nSPS) is 18.3. The Morgan fingerprint density at radius 3 is 2.82 bits per heavy atom. The van der Waals surface area contributed by atoms with Gasteiger partial charge in [0.25, 0.3) is 0 Å². The van der Waals surface area contributed by atoms with Gasteiger partial charge in [-0.15, -0.1) is 0 Å². The van der Waals surface area contributed by atoms with Crippen LogP contribution in [0.3, 0.4) is 0 Å². The van der Waals surface area contributed by atoms with Gasteiger partial charge in [0.1, 0.15) is 0 Å². The van der Waals surface area contributed by atoms with Crippen LogP contribution in [0.5, 0.6) is 0 Å². The summed E-state index contributed by atoms with van der Waals surface area (Å²) < 4.78 is 5.74. The maximum atomic E-state index is 11.1. The van der Waals surface area contributed by atoms with Gasteiger partial charge in [-0.05, 0) is 44.6 Å². The highest BCUT2D eigenvalue weighted by molar-refractivity contribution is 5.87. The van der Waals surface area contributed by atoms with E-state index in [2.05, 4.69) is 23.9 Å². The smallest absolute Gasteiger partial charge is 0.335 e. The highest BCUT2D eigenvalue weighted by Gasteiger charge is 2.19. The van der Waals surface area contributed by atoms with Crippen LogP contribution in [0.15, 0.2) is 24.3 Å². The summed E-state index contributed by atoms with van der Waals surface area (Å²) in [4.78, 5) is 15.6. The molecule has 5 heteroatoms. The molecule has 0 amide bonds. The van der Waals surface area contributed by atoms with Gasteiger partial charge in [-0.25, -0.2) is 4.79 Å². The predicted octanol–water partition coefficient (Wildman–Crippen LogP) is 1.93. The van der Waals surface area contributed by atoms with Crippen molar-refractivity contribution in [3.8, 4) is 0 Å². The molecule has 1 aliphatic rings. The van der Waals surface area contributed by atoms with E-state index >= 15 is 0 Å². The largest absolute Gasteiger partial charge is 0.478 e. The molecule has 0 aliphatic carbocycles. The summed E-state index contributed by atoms with van der Waals surface area (Å²) in [6.45, 7) is 4.45. The molecule has 1 heterocycles. The number of benzene rings is 1. The summed E-state index contributed by atoms with van der Waals surface area (Å²) in [6.07, 6.45) is 2.57. The third kappa shape index (κ3) is 5.40. The minimum absolute atomic E-state index is 0.310. The molecule has 1 saturated heterocycles. The summed E-state index contributed by atoms with van der Waals surface area (Å²) in [5, 5.41) is 9.11. The van der Waals surface area contributed by atoms with E-state index in [1.54, 1.807) is 12.1 Å². The van der Waals surface area contributed by atoms with Crippen molar-refractivity contribution in [3.63, 3.8) is 0 Å². The molecule has 1 aliphatic heterocycles. The van der Waals surface area contributed by atoms with E-state index in [4.69, 9.17) is 9.84 Å². The molecule has 1 N–H and O–H groups in total. The second-order valence-corrected chi connectivity index (χ2v) is 6.18. The van der Waals surface area contributed by atoms with E-state index in [-0.39, 0.29) is 0 Å². The topological polar surface area (TPSA) is 53.0 Å². The number of ether oxygens (including phenoxy) is 1. The average Bonchev–Trinajstić information content (AvgIpc) is 2.98. The highest BCUT2D eigenvalue weighted by atomic mass is 16.5. The molecule has 0 spiro atoms. The third-order valence-electron chi connectivity index (χ3n) is 3.93. The summed E-state index contributed by atoms with van der Waals surface area (Å²) >= 11 is 0. The fourth-order valence-corrected chi connectivity index (χ4v) is 2.71. The number of hydrogen-bond acceptors (Lipinski definition) is 4. The Labute approximate surface area is 132 Å². The van der Waals surface area contributed by atoms with Gasteiger partial charge in [-0.1, -0.05) is 12.1 Å². The minimum Gasteiger partial charge on any atom is -0.478 e. The number of nitrogens with zero attached hydrogens (tertiary/aromatic N) is 2. The van der Waals surface area contributed by atoms with Gasteiger partial charge in [0.2, 0.25) is 0 Å². The zero-order valence-electron chi connectivity index (χ0n) is 13.5. The lowest BCUT2D eigenvalue weighted by Crippen LogP contribution is -2.36. The minimum atomic E-state index is -0.874. The number of rotatable bonds is 8. The number of aromatic carboxylic acids is 1. The van der Waals surface area contributed by atoms with Gasteiger partial charge in [0.05, 0.1) is 11.7 Å². The SMILES string of the molecule is CN(C)CCN(Cc1cccc(C(=O)O)c1)CC1CCCO1. The van der Waals surface area contributed by atoms with Gasteiger partial charge in [-0.2, -0.15) is 0 Å². The Morgan fingerprint density at radius 2 is 2.18 bits per heavy atom. The quantitative estimate of drug-likeness (QED) is 0.795. The molecular formula is C17H26N2O3. The summed E-state index contributed by atoms with van der Waals surface area (Å²) in [5.41, 5.74) is 1.39. The molecule has 1 fully saturated rings. The van der Waals surface area contributed by atoms with Crippen LogP contribution in [-0.4, -0.2) is 67.3 Å². The van der Waals surface area contributed by atoms with Gasteiger partial charge >= 0.3 is 5.97 Å². The number of carboxylic acids is 1. The summed E-state index contributed by atoms with van der Waals surface area (Å²) in [5.74, 6) is -0.874. The molecule has 22 heavy (non-hydrogen) atoms. The molecule has 2 rings (SSSR count). The molecule has 122 valence electrons. The molecular weight excluding hydrogens is 280 g/mol. The van der Waals surface area contributed by atoms with Crippen molar-refractivity contribution in [2.45, 2.75) is 25.5 Å². The first-order chi connectivity index (χ1) is 10.5. The first kappa shape index (κ1) is 16.9. The van der Waals surface area contributed by atoms with E-state index in [1.165, 1.54) is 0 Å². The predicted molar refractivity (Wildman–Crippen MR) is 86.2 cm³/mol. The highest BCUT2D eigenvalue weighted by Crippen LogP contribution is 2.15. The van der Waals surface area contributed by atoms with Crippen LogP contribution >= 0.6 is 0 Å². The molecule has 1 aromatic carbocycles. The zero-order chi connectivity index (χ0) is 15.9. The third-order valence-corrected chi connectivity index (χ3v) is 3.93. The van der Waals surface area contributed by atoms with Crippen molar-refractivity contribution < 1.29 is 14.6 Å². The average molecular weight is 306 g/mol. The second kappa shape index (κ2) is 8.27. The number of carboxylic acid groups (broad SMARTS) is 1. The maximum Gasteiger partial charge on any atom is 0.335 e. The van der Waals surface area contributed by atoms with Gasteiger partial charge in [0.15, 0.2) is 0 Å². The Balaban J connectivity index is 2.00. The van der Waals surface area contributed by atoms with E-state index < -0.39 is 5.97 Å². The van der Waals surface area contributed by atoms with E-state index in [1.807, 2.05) is 12.1 Å². The van der Waals surface area contributed by atoms with Crippen LogP contribution in [0, 0.1) is 0 Å². The first-order valence-corrected chi connectivity index (χ1v) is 7.85. The van der Waals surface area contributed by atoms with Crippen LogP contribution in [0.2, 0.25) is 0 Å². The van der Waals surface area contributed by atoms with Crippen molar-refractivity contribution in [2.75, 3.05) is 40.3 Å². The van der Waals surface area contributed by atoms with Crippen molar-refractivity contribution in [1.82, 2.24) is 9.80 Å². The number of likely N-dealkylation sites (N-methyl/N-ethyl adjacent to an activating group) is 1. The van der Waals surface area contributed by atoms with Crippen molar-refractivity contribution in [2.24, 2.45) is 0 Å². The fourth-order valence-electron chi connectivity index (χ4n) is 2.71. The molecule has 1 atom stereocenters. The lowest BCUT2D eigenvalue weighted by atomic mass is 10.1. The standard InChI is InChI=1S/C17H26N2O3/c1-18(2)8-9-19(13-16-7-4-10-22-16)12-14-5-3-6-15(11-14)17(20)21/h3,5-6,11,16H,4,7-10,12-13H2,1-2H3,(H,20,21). The molecule has 0 aromatic heterocycles. The lowest BCUT2D eigenvalue weighted by molar-refractivity contribution is 0.0676. The molecule has 0 bridgehead atoms. The van der Waals surface area contributed by atoms with Crippen molar-refractivity contribution in [1.29, 1.82) is 0 Å². The zero-order valence-corrected chi connectivity index (χ0v) is 13.5. The monoisotopic (exact) mass is 306 g/mol. The van der Waals surface area contributed by atoms with Crippen LogP contribution in [0.25, 0.3) is 0 Å². The van der Waals surface area contributed by atoms with Crippen molar-refractivity contribution >= 4 is 5.97 Å². The summed E-state index contributed by atoms with van der Waals surface area (Å²) in [6, 6.07) is 7.20. The molecule has 1 unspecified atom stereocenters. The van der Waals surface area contributed by atoms with E-state index in [9.17, 15) is 4.79 Å². The molecule has 0 radical (unpaired) electrons. The summed E-state index contributed by atoms with van der Waals surface area (Å²) in [7, 11) is 4.13. The van der Waals surface area contributed by atoms with E-state index in [0.29, 0.717) is 11.7 Å². The fraction of sp³-hybridized carbons (Fsp3) is 0.588. The van der Waals surface area contributed by atoms with Crippen molar-refractivity contribution in [3.05, 3.63) is 35.4 Å². The van der Waals surface area contributed by atoms with Gasteiger partial charge < -0.3 is 14.7 Å². The Kier molecular flexibility index (Phi) is 6.36. The molecule has 5 nitrogen and oxygen atoms in total. The number of carbonyl (C=O) groups is 1. The van der Waals surface area contributed by atoms with Crippen LogP contribution in [-0.2, 0) is 11.3 Å². The van der Waals surface area contributed by atoms with Gasteiger partial charge in [-0.3, -0.25) is 4.90 Å². The molecule has 1 aromatic rings. The van der Waals surface area contributed by atoms with Crippen LogP contribution < -0.4 is 0 Å². The Bertz CT molecular complexity index is 485. The Morgan fingerprint density at radius 1 is 1.36 bits per heavy atom. The van der Waals surface area contributed by atoms with Crippen LogP contribution in [0.1, 0.15) is 28.8 Å². The van der Waals surface area contributed by atoms with E-state index in [0.717, 1.165) is 51.2 Å².